The summed E-state index contributed by atoms with van der Waals surface area (Å²) in [5.41, 5.74) is 11.8. The van der Waals surface area contributed by atoms with Crippen LogP contribution in [-0.2, 0) is 26.0 Å². The van der Waals surface area contributed by atoms with Gasteiger partial charge in [-0.25, -0.2) is 9.97 Å². The Bertz CT molecular complexity index is 671. The van der Waals surface area contributed by atoms with Crippen molar-refractivity contribution in [2.75, 3.05) is 0 Å². The third-order valence-corrected chi connectivity index (χ3v) is 4.35. The van der Waals surface area contributed by atoms with Crippen molar-refractivity contribution in [3.05, 3.63) is 52.1 Å². The van der Waals surface area contributed by atoms with E-state index in [4.69, 9.17) is 10.5 Å². The Kier molecular flexibility index (Phi) is 5.97. The summed E-state index contributed by atoms with van der Waals surface area (Å²) >= 11 is 0. The Morgan fingerprint density at radius 1 is 1.09 bits per heavy atom. The van der Waals surface area contributed by atoms with Crippen molar-refractivity contribution in [2.24, 2.45) is 5.73 Å². The average Bonchev–Trinajstić information content (AvgIpc) is 2.55. The van der Waals surface area contributed by atoms with Crippen LogP contribution >= 0.6 is 12.4 Å². The summed E-state index contributed by atoms with van der Waals surface area (Å²) in [5, 5.41) is 0. The van der Waals surface area contributed by atoms with Crippen LogP contribution in [0, 0.1) is 13.8 Å². The van der Waals surface area contributed by atoms with Crippen molar-refractivity contribution in [3.8, 4) is 5.75 Å². The number of halogens is 1. The fourth-order valence-electron chi connectivity index (χ4n) is 2.91. The Balaban J connectivity index is 0.00000192. The Hall–Kier alpha value is -1.65. The highest BCUT2D eigenvalue weighted by molar-refractivity contribution is 5.85. The lowest BCUT2D eigenvalue weighted by Crippen LogP contribution is -2.17. The molecule has 3 rings (SSSR count). The first-order valence-electron chi connectivity index (χ1n) is 7.95. The highest BCUT2D eigenvalue weighted by Gasteiger charge is 2.17. The van der Waals surface area contributed by atoms with E-state index in [-0.39, 0.29) is 12.4 Å². The smallest absolute Gasteiger partial charge is 0.166 e. The molecule has 1 aromatic heterocycles. The van der Waals surface area contributed by atoms with Gasteiger partial charge >= 0.3 is 0 Å². The van der Waals surface area contributed by atoms with Gasteiger partial charge in [0.25, 0.3) is 0 Å². The van der Waals surface area contributed by atoms with E-state index >= 15 is 0 Å². The van der Waals surface area contributed by atoms with Gasteiger partial charge in [0, 0.05) is 12.2 Å². The number of ether oxygens (including phenoxy) is 1. The van der Waals surface area contributed by atoms with Crippen LogP contribution in [-0.4, -0.2) is 9.97 Å². The van der Waals surface area contributed by atoms with Crippen molar-refractivity contribution in [3.63, 3.8) is 0 Å². The summed E-state index contributed by atoms with van der Waals surface area (Å²) in [5.74, 6) is 1.60. The maximum atomic E-state index is 5.86. The Morgan fingerprint density at radius 2 is 1.87 bits per heavy atom. The van der Waals surface area contributed by atoms with Gasteiger partial charge in [-0.3, -0.25) is 0 Å². The number of rotatable bonds is 4. The van der Waals surface area contributed by atoms with E-state index in [0.29, 0.717) is 13.2 Å². The van der Waals surface area contributed by atoms with Crippen molar-refractivity contribution in [1.82, 2.24) is 9.97 Å². The standard InChI is InChI=1S/C18H23N3O.ClH/c1-12-7-8-14(9-13(12)2)22-11-18-20-16-6-4-3-5-15(16)17(10-19)21-18;/h7-9H,3-6,10-11,19H2,1-2H3;1H. The van der Waals surface area contributed by atoms with Gasteiger partial charge < -0.3 is 10.5 Å². The van der Waals surface area contributed by atoms with E-state index in [1.807, 2.05) is 6.07 Å². The maximum absolute atomic E-state index is 5.86. The first kappa shape index (κ1) is 17.7. The van der Waals surface area contributed by atoms with Crippen molar-refractivity contribution in [1.29, 1.82) is 0 Å². The topological polar surface area (TPSA) is 61.0 Å². The minimum absolute atomic E-state index is 0. The van der Waals surface area contributed by atoms with Gasteiger partial charge in [0.2, 0.25) is 0 Å². The normalized spacial score (nSPS) is 13.2. The second-order valence-electron chi connectivity index (χ2n) is 5.96. The van der Waals surface area contributed by atoms with E-state index in [1.165, 1.54) is 35.2 Å². The van der Waals surface area contributed by atoms with Gasteiger partial charge in [0.05, 0.1) is 5.69 Å². The van der Waals surface area contributed by atoms with Crippen molar-refractivity contribution >= 4 is 12.4 Å². The molecule has 23 heavy (non-hydrogen) atoms. The number of fused-ring (bicyclic) bond motifs is 1. The lowest BCUT2D eigenvalue weighted by molar-refractivity contribution is 0.294. The summed E-state index contributed by atoms with van der Waals surface area (Å²) < 4.78 is 5.85. The number of hydrogen-bond acceptors (Lipinski definition) is 4. The van der Waals surface area contributed by atoms with Crippen LogP contribution in [0.3, 0.4) is 0 Å². The molecule has 0 amide bonds. The van der Waals surface area contributed by atoms with Gasteiger partial charge in [-0.2, -0.15) is 0 Å². The summed E-state index contributed by atoms with van der Waals surface area (Å²) in [4.78, 5) is 9.28. The highest BCUT2D eigenvalue weighted by atomic mass is 35.5. The van der Waals surface area contributed by atoms with Crippen LogP contribution in [0.1, 0.15) is 46.7 Å². The summed E-state index contributed by atoms with van der Waals surface area (Å²) in [7, 11) is 0. The number of hydrogen-bond donors (Lipinski definition) is 1. The van der Waals surface area contributed by atoms with Crippen LogP contribution < -0.4 is 10.5 Å². The van der Waals surface area contributed by atoms with Crippen LogP contribution in [0.15, 0.2) is 18.2 Å². The highest BCUT2D eigenvalue weighted by Crippen LogP contribution is 2.23. The molecule has 0 aliphatic heterocycles. The molecular formula is C18H24ClN3O. The molecule has 0 saturated carbocycles. The zero-order valence-electron chi connectivity index (χ0n) is 13.8. The number of benzene rings is 1. The van der Waals surface area contributed by atoms with Gasteiger partial charge in [0.1, 0.15) is 12.4 Å². The fraction of sp³-hybridized carbons (Fsp3) is 0.444. The zero-order chi connectivity index (χ0) is 15.5. The van der Waals surface area contributed by atoms with E-state index < -0.39 is 0 Å². The Labute approximate surface area is 143 Å². The second kappa shape index (κ2) is 7.75. The number of nitrogens with two attached hydrogens (primary N) is 1. The van der Waals surface area contributed by atoms with Crippen LogP contribution in [0.2, 0.25) is 0 Å². The molecule has 1 aromatic carbocycles. The predicted octanol–water partition coefficient (Wildman–Crippen LogP) is 3.43. The number of nitrogens with zero attached hydrogens (tertiary/aromatic N) is 2. The minimum atomic E-state index is 0. The number of aryl methyl sites for hydroxylation is 3. The molecular weight excluding hydrogens is 310 g/mol. The third-order valence-electron chi connectivity index (χ3n) is 4.35. The van der Waals surface area contributed by atoms with Crippen LogP contribution in [0.5, 0.6) is 5.75 Å². The molecule has 2 aromatic rings. The monoisotopic (exact) mass is 333 g/mol. The molecule has 0 saturated heterocycles. The SMILES string of the molecule is Cc1ccc(OCc2nc(CN)c3c(n2)CCCC3)cc1C.Cl. The summed E-state index contributed by atoms with van der Waals surface area (Å²) in [6.07, 6.45) is 4.50. The molecule has 0 unspecified atom stereocenters. The lowest BCUT2D eigenvalue weighted by atomic mass is 9.94. The predicted molar refractivity (Wildman–Crippen MR) is 94.1 cm³/mol. The zero-order valence-corrected chi connectivity index (χ0v) is 14.6. The van der Waals surface area contributed by atoms with Crippen molar-refractivity contribution in [2.45, 2.75) is 52.7 Å². The first-order chi connectivity index (χ1) is 10.7. The molecule has 4 nitrogen and oxygen atoms in total. The molecule has 0 bridgehead atoms. The minimum Gasteiger partial charge on any atom is -0.486 e. The second-order valence-corrected chi connectivity index (χ2v) is 5.96. The molecule has 1 heterocycles. The number of aromatic nitrogens is 2. The quantitative estimate of drug-likeness (QED) is 0.931. The van der Waals surface area contributed by atoms with E-state index in [9.17, 15) is 0 Å². The van der Waals surface area contributed by atoms with Gasteiger partial charge in [-0.15, -0.1) is 12.4 Å². The van der Waals surface area contributed by atoms with Crippen LogP contribution in [0.4, 0.5) is 0 Å². The summed E-state index contributed by atoms with van der Waals surface area (Å²) in [6, 6.07) is 6.12. The van der Waals surface area contributed by atoms with Gasteiger partial charge in [-0.05, 0) is 68.4 Å². The molecule has 0 atom stereocenters. The van der Waals surface area contributed by atoms with Crippen molar-refractivity contribution < 1.29 is 4.74 Å². The third kappa shape index (κ3) is 4.01. The molecule has 2 N–H and O–H groups in total. The fourth-order valence-corrected chi connectivity index (χ4v) is 2.91. The molecule has 0 fully saturated rings. The lowest BCUT2D eigenvalue weighted by Gasteiger charge is -2.18. The van der Waals surface area contributed by atoms with E-state index in [0.717, 1.165) is 30.1 Å². The van der Waals surface area contributed by atoms with E-state index in [1.54, 1.807) is 0 Å². The molecule has 0 spiro atoms. The molecule has 0 radical (unpaired) electrons. The molecule has 5 heteroatoms. The first-order valence-corrected chi connectivity index (χ1v) is 7.95. The average molecular weight is 334 g/mol. The van der Waals surface area contributed by atoms with Gasteiger partial charge in [0.15, 0.2) is 5.82 Å². The van der Waals surface area contributed by atoms with Crippen LogP contribution in [0.25, 0.3) is 0 Å². The molecule has 1 aliphatic carbocycles. The largest absolute Gasteiger partial charge is 0.486 e. The summed E-state index contributed by atoms with van der Waals surface area (Å²) in [6.45, 7) is 5.05. The van der Waals surface area contributed by atoms with E-state index in [2.05, 4.69) is 35.9 Å². The molecule has 124 valence electrons. The molecule has 1 aliphatic rings. The maximum Gasteiger partial charge on any atom is 0.166 e. The van der Waals surface area contributed by atoms with Gasteiger partial charge in [-0.1, -0.05) is 6.07 Å². The Morgan fingerprint density at radius 3 is 2.61 bits per heavy atom.